The van der Waals surface area contributed by atoms with Crippen LogP contribution < -0.4 is 20.7 Å². The molecule has 0 heterocycles. The molecule has 3 rings (SSSR count). The first-order valence-corrected chi connectivity index (χ1v) is 10.1. The third-order valence-corrected chi connectivity index (χ3v) is 4.95. The summed E-state index contributed by atoms with van der Waals surface area (Å²) >= 11 is 0. The smallest absolute Gasteiger partial charge is 0.259 e. The van der Waals surface area contributed by atoms with E-state index in [1.807, 2.05) is 31.2 Å². The quantitative estimate of drug-likeness (QED) is 0.533. The van der Waals surface area contributed by atoms with E-state index in [9.17, 15) is 14.4 Å². The summed E-state index contributed by atoms with van der Waals surface area (Å²) in [6, 6.07) is 19.3. The molecule has 0 bridgehead atoms. The maximum atomic E-state index is 13.0. The van der Waals surface area contributed by atoms with Gasteiger partial charge in [0.1, 0.15) is 12.4 Å². The standard InChI is InChI=1S/C25H25N3O4/c1-16-8-4-5-9-17(16)15-32-22-11-7-6-10-21(22)25(31)28-20-13-18(23(29)26-2)12-19(14-20)24(30)27-3/h4-14H,15H2,1-3H3,(H,26,29)(H,27,30)(H,28,31). The molecule has 0 fully saturated rings. The summed E-state index contributed by atoms with van der Waals surface area (Å²) in [4.78, 5) is 37.2. The highest BCUT2D eigenvalue weighted by molar-refractivity contribution is 6.08. The Bertz CT molecular complexity index is 1120. The van der Waals surface area contributed by atoms with Crippen molar-refractivity contribution in [3.8, 4) is 5.75 Å². The van der Waals surface area contributed by atoms with Crippen LogP contribution in [0, 0.1) is 6.92 Å². The van der Waals surface area contributed by atoms with Crippen molar-refractivity contribution in [1.29, 1.82) is 0 Å². The second kappa shape index (κ2) is 10.3. The van der Waals surface area contributed by atoms with Gasteiger partial charge in [-0.1, -0.05) is 36.4 Å². The lowest BCUT2D eigenvalue weighted by Gasteiger charge is -2.14. The number of amides is 3. The van der Waals surface area contributed by atoms with Crippen molar-refractivity contribution in [2.45, 2.75) is 13.5 Å². The van der Waals surface area contributed by atoms with E-state index in [0.717, 1.165) is 11.1 Å². The van der Waals surface area contributed by atoms with E-state index in [1.54, 1.807) is 24.3 Å². The number of anilines is 1. The molecule has 164 valence electrons. The number of rotatable bonds is 7. The van der Waals surface area contributed by atoms with Crippen molar-refractivity contribution in [3.05, 3.63) is 94.5 Å². The zero-order valence-electron chi connectivity index (χ0n) is 18.2. The molecule has 0 spiro atoms. The van der Waals surface area contributed by atoms with Crippen LogP contribution in [-0.2, 0) is 6.61 Å². The fraction of sp³-hybridized carbons (Fsp3) is 0.160. The van der Waals surface area contributed by atoms with Gasteiger partial charge in [-0.25, -0.2) is 0 Å². The zero-order valence-corrected chi connectivity index (χ0v) is 18.2. The Hall–Kier alpha value is -4.13. The van der Waals surface area contributed by atoms with Crippen molar-refractivity contribution in [2.75, 3.05) is 19.4 Å². The van der Waals surface area contributed by atoms with Crippen molar-refractivity contribution >= 4 is 23.4 Å². The molecule has 32 heavy (non-hydrogen) atoms. The number of nitrogens with one attached hydrogen (secondary N) is 3. The average molecular weight is 431 g/mol. The minimum Gasteiger partial charge on any atom is -0.488 e. The largest absolute Gasteiger partial charge is 0.488 e. The number of para-hydroxylation sites is 1. The summed E-state index contributed by atoms with van der Waals surface area (Å²) in [6.45, 7) is 2.32. The number of carbonyl (C=O) groups is 3. The van der Waals surface area contributed by atoms with E-state index >= 15 is 0 Å². The zero-order chi connectivity index (χ0) is 23.1. The topological polar surface area (TPSA) is 96.5 Å². The Morgan fingerprint density at radius 3 is 2.00 bits per heavy atom. The Labute approximate surface area is 186 Å². The molecular weight excluding hydrogens is 406 g/mol. The predicted octanol–water partition coefficient (Wildman–Crippen LogP) is 3.55. The summed E-state index contributed by atoms with van der Waals surface area (Å²) in [5, 5.41) is 7.81. The lowest BCUT2D eigenvalue weighted by atomic mass is 10.1. The molecular formula is C25H25N3O4. The number of hydrogen-bond acceptors (Lipinski definition) is 4. The second-order valence-corrected chi connectivity index (χ2v) is 7.12. The van der Waals surface area contributed by atoms with Gasteiger partial charge >= 0.3 is 0 Å². The Morgan fingerprint density at radius 2 is 1.38 bits per heavy atom. The van der Waals surface area contributed by atoms with Gasteiger partial charge in [0.15, 0.2) is 0 Å². The van der Waals surface area contributed by atoms with Crippen molar-refractivity contribution in [3.63, 3.8) is 0 Å². The highest BCUT2D eigenvalue weighted by Crippen LogP contribution is 2.23. The lowest BCUT2D eigenvalue weighted by Crippen LogP contribution is -2.22. The van der Waals surface area contributed by atoms with Gasteiger partial charge in [0, 0.05) is 30.9 Å². The average Bonchev–Trinajstić information content (AvgIpc) is 2.82. The van der Waals surface area contributed by atoms with Crippen LogP contribution in [0.4, 0.5) is 5.69 Å². The Kier molecular flexibility index (Phi) is 7.23. The third kappa shape index (κ3) is 5.31. The van der Waals surface area contributed by atoms with Crippen molar-refractivity contribution in [2.24, 2.45) is 0 Å². The van der Waals surface area contributed by atoms with Gasteiger partial charge in [0.2, 0.25) is 0 Å². The summed E-state index contributed by atoms with van der Waals surface area (Å²) in [5.41, 5.74) is 3.30. The van der Waals surface area contributed by atoms with Crippen LogP contribution in [0.3, 0.4) is 0 Å². The fourth-order valence-electron chi connectivity index (χ4n) is 3.16. The molecule has 0 radical (unpaired) electrons. The van der Waals surface area contributed by atoms with Crippen LogP contribution in [0.1, 0.15) is 42.2 Å². The Balaban J connectivity index is 1.85. The normalized spacial score (nSPS) is 10.2. The van der Waals surface area contributed by atoms with Crippen LogP contribution in [0.25, 0.3) is 0 Å². The monoisotopic (exact) mass is 431 g/mol. The first-order chi connectivity index (χ1) is 15.4. The van der Waals surface area contributed by atoms with Crippen LogP contribution in [-0.4, -0.2) is 31.8 Å². The number of aryl methyl sites for hydroxylation is 1. The van der Waals surface area contributed by atoms with Gasteiger partial charge in [-0.3, -0.25) is 14.4 Å². The Morgan fingerprint density at radius 1 is 0.781 bits per heavy atom. The minimum atomic E-state index is -0.415. The summed E-state index contributed by atoms with van der Waals surface area (Å²) in [7, 11) is 2.99. The molecule has 0 aromatic heterocycles. The lowest BCUT2D eigenvalue weighted by molar-refractivity contribution is 0.0960. The van der Waals surface area contributed by atoms with Gasteiger partial charge in [-0.2, -0.15) is 0 Å². The fourth-order valence-corrected chi connectivity index (χ4v) is 3.16. The maximum absolute atomic E-state index is 13.0. The molecule has 7 heteroatoms. The number of ether oxygens (including phenoxy) is 1. The molecule has 0 aliphatic rings. The summed E-state index contributed by atoms with van der Waals surface area (Å²) < 4.78 is 5.93. The van der Waals surface area contributed by atoms with E-state index in [1.165, 1.54) is 32.3 Å². The van der Waals surface area contributed by atoms with Gasteiger partial charge in [0.25, 0.3) is 17.7 Å². The molecule has 7 nitrogen and oxygen atoms in total. The van der Waals surface area contributed by atoms with E-state index in [2.05, 4.69) is 16.0 Å². The SMILES string of the molecule is CNC(=O)c1cc(NC(=O)c2ccccc2OCc2ccccc2C)cc(C(=O)NC)c1. The van der Waals surface area contributed by atoms with E-state index in [4.69, 9.17) is 4.74 Å². The maximum Gasteiger partial charge on any atom is 0.259 e. The summed E-state index contributed by atoms with van der Waals surface area (Å²) in [5.74, 6) is -0.717. The summed E-state index contributed by atoms with van der Waals surface area (Å²) in [6.07, 6.45) is 0. The highest BCUT2D eigenvalue weighted by atomic mass is 16.5. The molecule has 3 amide bonds. The molecule has 0 aliphatic heterocycles. The predicted molar refractivity (Wildman–Crippen MR) is 123 cm³/mol. The minimum absolute atomic E-state index is 0.257. The number of carbonyl (C=O) groups excluding carboxylic acids is 3. The first kappa shape index (κ1) is 22.6. The van der Waals surface area contributed by atoms with Gasteiger partial charge < -0.3 is 20.7 Å². The molecule has 0 unspecified atom stereocenters. The second-order valence-electron chi connectivity index (χ2n) is 7.12. The van der Waals surface area contributed by atoms with Crippen molar-refractivity contribution in [1.82, 2.24) is 10.6 Å². The van der Waals surface area contributed by atoms with Crippen molar-refractivity contribution < 1.29 is 19.1 Å². The van der Waals surface area contributed by atoms with Gasteiger partial charge in [0.05, 0.1) is 5.56 Å². The van der Waals surface area contributed by atoms with E-state index in [0.29, 0.717) is 23.6 Å². The van der Waals surface area contributed by atoms with Gasteiger partial charge in [-0.05, 0) is 48.4 Å². The molecule has 3 N–H and O–H groups in total. The molecule has 3 aromatic rings. The highest BCUT2D eigenvalue weighted by Gasteiger charge is 2.16. The first-order valence-electron chi connectivity index (χ1n) is 10.1. The molecule has 0 aliphatic carbocycles. The van der Waals surface area contributed by atoms with Crippen LogP contribution in [0.2, 0.25) is 0 Å². The van der Waals surface area contributed by atoms with Crippen LogP contribution >= 0.6 is 0 Å². The number of benzene rings is 3. The molecule has 0 atom stereocenters. The van der Waals surface area contributed by atoms with Crippen LogP contribution in [0.15, 0.2) is 66.7 Å². The number of hydrogen-bond donors (Lipinski definition) is 3. The van der Waals surface area contributed by atoms with Crippen LogP contribution in [0.5, 0.6) is 5.75 Å². The van der Waals surface area contributed by atoms with E-state index < -0.39 is 5.91 Å². The molecule has 0 saturated carbocycles. The molecule has 3 aromatic carbocycles. The van der Waals surface area contributed by atoms with E-state index in [-0.39, 0.29) is 22.9 Å². The third-order valence-electron chi connectivity index (χ3n) is 4.95. The van der Waals surface area contributed by atoms with Gasteiger partial charge in [-0.15, -0.1) is 0 Å². The molecule has 0 saturated heterocycles.